The van der Waals surface area contributed by atoms with Gasteiger partial charge in [0.25, 0.3) is 5.56 Å². The van der Waals surface area contributed by atoms with Gasteiger partial charge in [-0.15, -0.1) is 0 Å². The number of fused-ring (bicyclic) bond motifs is 6. The molecule has 268 valence electrons. The number of benzene rings is 3. The van der Waals surface area contributed by atoms with Crippen LogP contribution in [0.15, 0.2) is 59.5 Å². The van der Waals surface area contributed by atoms with E-state index >= 15 is 8.78 Å². The molecule has 4 bridgehead atoms. The van der Waals surface area contributed by atoms with Crippen LogP contribution in [0.25, 0.3) is 11.1 Å². The third-order valence-electron chi connectivity index (χ3n) is 9.03. The third kappa shape index (κ3) is 7.20. The van der Waals surface area contributed by atoms with Crippen molar-refractivity contribution >= 4 is 23.5 Å². The first-order chi connectivity index (χ1) is 24.0. The fraction of sp³-hybridized carbons (Fsp3) is 0.306. The van der Waals surface area contributed by atoms with E-state index in [9.17, 15) is 37.1 Å². The number of nitrogens with zero attached hydrogens (tertiary/aromatic N) is 2. The van der Waals surface area contributed by atoms with Crippen LogP contribution >= 0.6 is 11.6 Å². The van der Waals surface area contributed by atoms with Gasteiger partial charge in [-0.05, 0) is 66.8 Å². The van der Waals surface area contributed by atoms with E-state index in [0.717, 1.165) is 18.3 Å². The second-order valence-corrected chi connectivity index (χ2v) is 13.1. The summed E-state index contributed by atoms with van der Waals surface area (Å²) in [5.41, 5.74) is -2.34. The van der Waals surface area contributed by atoms with E-state index in [1.165, 1.54) is 19.1 Å². The molecule has 3 heterocycles. The number of carboxylic acids is 1. The SMILES string of the molecule is Cc1cc2cc(c1F)[C@H](CC(=O)O)NC(=O)[C@@H](n1cc(CCN3CC(F)C3)c(C(F)(F)F)cc1=O)c1cc(cc(Cl)c1F)Oc1cccc(C)c1-2. The van der Waals surface area contributed by atoms with Crippen molar-refractivity contribution in [1.29, 1.82) is 0 Å². The lowest BCUT2D eigenvalue weighted by Gasteiger charge is -2.34. The Bertz CT molecular complexity index is 2110. The van der Waals surface area contributed by atoms with Crippen LogP contribution in [0, 0.1) is 25.5 Å². The van der Waals surface area contributed by atoms with Crippen molar-refractivity contribution in [2.75, 3.05) is 19.6 Å². The first kappa shape index (κ1) is 36.0. The number of likely N-dealkylation sites (tertiary alicyclic amines) is 1. The maximum Gasteiger partial charge on any atom is 0.416 e. The average Bonchev–Trinajstić information content (AvgIpc) is 3.02. The van der Waals surface area contributed by atoms with Crippen molar-refractivity contribution in [3.8, 4) is 22.6 Å². The molecule has 1 fully saturated rings. The highest BCUT2D eigenvalue weighted by molar-refractivity contribution is 6.31. The monoisotopic (exact) mass is 733 g/mol. The number of carbonyl (C=O) groups is 2. The van der Waals surface area contributed by atoms with E-state index in [1.807, 2.05) is 0 Å². The number of aliphatic carboxylic acids is 1. The van der Waals surface area contributed by atoms with Crippen molar-refractivity contribution in [3.63, 3.8) is 0 Å². The van der Waals surface area contributed by atoms with Gasteiger partial charge >= 0.3 is 12.1 Å². The molecular formula is C36H30ClF6N3O5. The molecule has 1 amide bonds. The van der Waals surface area contributed by atoms with E-state index < -0.39 is 81.6 Å². The summed E-state index contributed by atoms with van der Waals surface area (Å²) in [7, 11) is 0. The van der Waals surface area contributed by atoms with Crippen LogP contribution in [0.4, 0.5) is 26.3 Å². The number of rotatable bonds is 6. The van der Waals surface area contributed by atoms with Gasteiger partial charge in [0, 0.05) is 54.7 Å². The number of nitrogens with one attached hydrogen (secondary N) is 1. The number of amides is 1. The minimum absolute atomic E-state index is 0.00732. The molecule has 0 unspecified atom stereocenters. The molecule has 15 heteroatoms. The Morgan fingerprint density at radius 1 is 1.02 bits per heavy atom. The van der Waals surface area contributed by atoms with Crippen molar-refractivity contribution in [1.82, 2.24) is 14.8 Å². The van der Waals surface area contributed by atoms with E-state index in [1.54, 1.807) is 30.0 Å². The minimum atomic E-state index is -5.00. The zero-order chi connectivity index (χ0) is 36.9. The van der Waals surface area contributed by atoms with Gasteiger partial charge in [-0.25, -0.2) is 13.2 Å². The van der Waals surface area contributed by atoms with Crippen molar-refractivity contribution in [2.24, 2.45) is 0 Å². The van der Waals surface area contributed by atoms with E-state index in [4.69, 9.17) is 16.3 Å². The molecule has 0 radical (unpaired) electrons. The number of ether oxygens (including phenoxy) is 1. The molecule has 0 aliphatic carbocycles. The quantitative estimate of drug-likeness (QED) is 0.202. The van der Waals surface area contributed by atoms with Crippen LogP contribution < -0.4 is 15.6 Å². The van der Waals surface area contributed by atoms with Crippen LogP contribution in [0.5, 0.6) is 11.5 Å². The number of carboxylic acid groups (broad SMARTS) is 1. The molecule has 8 nitrogen and oxygen atoms in total. The Balaban J connectivity index is 1.61. The Kier molecular flexibility index (Phi) is 9.68. The lowest BCUT2D eigenvalue weighted by Crippen LogP contribution is -2.49. The first-order valence-corrected chi connectivity index (χ1v) is 16.2. The summed E-state index contributed by atoms with van der Waals surface area (Å²) in [6.45, 7) is 3.19. The maximum atomic E-state index is 16.1. The van der Waals surface area contributed by atoms with Crippen LogP contribution in [0.1, 0.15) is 51.9 Å². The van der Waals surface area contributed by atoms with Gasteiger partial charge < -0.3 is 15.2 Å². The molecule has 1 aromatic heterocycles. The largest absolute Gasteiger partial charge is 0.481 e. The van der Waals surface area contributed by atoms with Gasteiger partial charge in [0.2, 0.25) is 5.91 Å². The van der Waals surface area contributed by atoms with Gasteiger partial charge in [-0.1, -0.05) is 23.7 Å². The molecule has 2 N–H and O–H groups in total. The predicted octanol–water partition coefficient (Wildman–Crippen LogP) is 7.31. The van der Waals surface area contributed by atoms with Crippen molar-refractivity contribution in [3.05, 3.63) is 115 Å². The molecule has 3 aromatic carbocycles. The molecule has 0 saturated carbocycles. The number of hydrogen-bond donors (Lipinski definition) is 2. The normalized spacial score (nSPS) is 18.0. The fourth-order valence-electron chi connectivity index (χ4n) is 6.57. The molecule has 1 saturated heterocycles. The second kappa shape index (κ2) is 13.7. The average molecular weight is 734 g/mol. The van der Waals surface area contributed by atoms with E-state index in [-0.39, 0.29) is 54.7 Å². The number of halogens is 7. The highest BCUT2D eigenvalue weighted by atomic mass is 35.5. The molecule has 2 atom stereocenters. The Morgan fingerprint density at radius 3 is 2.41 bits per heavy atom. The molecule has 2 aliphatic heterocycles. The van der Waals surface area contributed by atoms with Gasteiger partial charge in [0.15, 0.2) is 0 Å². The molecular weight excluding hydrogens is 704 g/mol. The second-order valence-electron chi connectivity index (χ2n) is 12.7. The number of hydrogen-bond acceptors (Lipinski definition) is 5. The Morgan fingerprint density at radius 2 is 1.75 bits per heavy atom. The summed E-state index contributed by atoms with van der Waals surface area (Å²) in [6.07, 6.45) is -6.54. The fourth-order valence-corrected chi connectivity index (χ4v) is 6.78. The predicted molar refractivity (Wildman–Crippen MR) is 175 cm³/mol. The number of carbonyl (C=O) groups excluding carboxylic acids is 1. The van der Waals surface area contributed by atoms with Crippen LogP contribution in [-0.2, 0) is 22.2 Å². The number of pyridine rings is 1. The van der Waals surface area contributed by atoms with Crippen LogP contribution in [-0.4, -0.2) is 52.3 Å². The lowest BCUT2D eigenvalue weighted by molar-refractivity contribution is -0.139. The number of aromatic nitrogens is 1. The Labute approximate surface area is 292 Å². The molecule has 4 aromatic rings. The zero-order valence-electron chi connectivity index (χ0n) is 27.1. The highest BCUT2D eigenvalue weighted by Gasteiger charge is 2.38. The van der Waals surface area contributed by atoms with Crippen LogP contribution in [0.2, 0.25) is 5.02 Å². The van der Waals surface area contributed by atoms with Gasteiger partial charge in [-0.2, -0.15) is 13.2 Å². The smallest absolute Gasteiger partial charge is 0.416 e. The summed E-state index contributed by atoms with van der Waals surface area (Å²) < 4.78 is 94.8. The van der Waals surface area contributed by atoms with Gasteiger partial charge in [-0.3, -0.25) is 23.9 Å². The summed E-state index contributed by atoms with van der Waals surface area (Å²) in [6, 6.07) is 6.60. The summed E-state index contributed by atoms with van der Waals surface area (Å²) in [5.74, 6) is -4.68. The summed E-state index contributed by atoms with van der Waals surface area (Å²) in [5, 5.41) is 11.7. The minimum Gasteiger partial charge on any atom is -0.481 e. The number of aryl methyl sites for hydroxylation is 2. The molecule has 0 spiro atoms. The third-order valence-corrected chi connectivity index (χ3v) is 9.31. The van der Waals surface area contributed by atoms with E-state index in [2.05, 4.69) is 5.32 Å². The summed E-state index contributed by atoms with van der Waals surface area (Å²) >= 11 is 6.30. The van der Waals surface area contributed by atoms with Gasteiger partial charge in [0.05, 0.1) is 23.0 Å². The van der Waals surface area contributed by atoms with Crippen molar-refractivity contribution < 1.29 is 45.8 Å². The zero-order valence-corrected chi connectivity index (χ0v) is 27.8. The maximum absolute atomic E-state index is 16.1. The highest BCUT2D eigenvalue weighted by Crippen LogP contribution is 2.42. The van der Waals surface area contributed by atoms with Crippen LogP contribution in [0.3, 0.4) is 0 Å². The standard InChI is InChI=1S/C36H30ClF6N3O5/c1-17-4-3-5-28-31(17)20-8-18(2)32(39)23(9-20)27(13-30(48)49)44-35(50)34(24-10-22(51-28)11-26(37)33(24)40)46-14-19(6-7-45-15-21(38)16-45)25(12-29(46)47)36(41,42)43/h3-5,8-12,14,21,27,34H,6-7,13,15-16H2,1-2H3,(H,44,50)(H,48,49)/t27-,34-/m0/s1. The number of alkyl halides is 4. The van der Waals surface area contributed by atoms with Gasteiger partial charge in [0.1, 0.15) is 35.3 Å². The van der Waals surface area contributed by atoms with E-state index in [0.29, 0.717) is 21.3 Å². The topological polar surface area (TPSA) is 101 Å². The van der Waals surface area contributed by atoms with Crippen molar-refractivity contribution in [2.45, 2.75) is 51.1 Å². The molecule has 6 rings (SSSR count). The molecule has 2 aliphatic rings. The lowest BCUT2D eigenvalue weighted by atomic mass is 9.92. The Hall–Kier alpha value is -4.82. The molecule has 51 heavy (non-hydrogen) atoms. The summed E-state index contributed by atoms with van der Waals surface area (Å²) in [4.78, 5) is 41.5. The first-order valence-electron chi connectivity index (χ1n) is 15.8.